The highest BCUT2D eigenvalue weighted by atomic mass is 16.5. The molecule has 2 bridgehead atoms. The van der Waals surface area contributed by atoms with Crippen LogP contribution in [0.2, 0.25) is 0 Å². The van der Waals surface area contributed by atoms with Gasteiger partial charge in [0.1, 0.15) is 12.1 Å². The summed E-state index contributed by atoms with van der Waals surface area (Å²) in [4.78, 5) is 44.0. The number of carbonyl (C=O) groups excluding carboxylic acids is 3. The van der Waals surface area contributed by atoms with Crippen LogP contribution in [0.25, 0.3) is 0 Å². The summed E-state index contributed by atoms with van der Waals surface area (Å²) in [6.07, 6.45) is 9.43. The van der Waals surface area contributed by atoms with Gasteiger partial charge in [0.05, 0.1) is 11.8 Å². The predicted molar refractivity (Wildman–Crippen MR) is 96.4 cm³/mol. The van der Waals surface area contributed by atoms with E-state index in [2.05, 4.69) is 27.6 Å². The third-order valence-electron chi connectivity index (χ3n) is 6.90. The van der Waals surface area contributed by atoms with Crippen molar-refractivity contribution in [2.45, 2.75) is 51.0 Å². The van der Waals surface area contributed by atoms with Gasteiger partial charge in [-0.1, -0.05) is 36.6 Å². The number of likely N-dealkylation sites (tertiary alicyclic amines) is 1. The fraction of sp³-hybridized carbons (Fsp3) is 0.650. The summed E-state index contributed by atoms with van der Waals surface area (Å²) in [6, 6.07) is 0. The minimum atomic E-state index is -0.685. The Kier molecular flexibility index (Phi) is 3.93. The van der Waals surface area contributed by atoms with Gasteiger partial charge in [-0.25, -0.2) is 0 Å². The van der Waals surface area contributed by atoms with Crippen LogP contribution in [0.4, 0.5) is 0 Å². The molecule has 1 N–H and O–H groups in total. The molecular weight excluding hydrogens is 360 g/mol. The van der Waals surface area contributed by atoms with Crippen LogP contribution in [-0.2, 0) is 19.9 Å². The topological polar surface area (TPSA) is 105 Å². The van der Waals surface area contributed by atoms with Gasteiger partial charge in [0.2, 0.25) is 23.6 Å². The van der Waals surface area contributed by atoms with Crippen molar-refractivity contribution in [2.75, 3.05) is 6.54 Å². The van der Waals surface area contributed by atoms with Crippen molar-refractivity contribution in [1.82, 2.24) is 20.4 Å². The van der Waals surface area contributed by atoms with Crippen LogP contribution in [-0.4, -0.2) is 39.3 Å². The lowest BCUT2D eigenvalue weighted by Gasteiger charge is -2.35. The number of amides is 3. The molecule has 3 fully saturated rings. The first-order valence-electron chi connectivity index (χ1n) is 10.1. The first-order chi connectivity index (χ1) is 13.5. The molecule has 0 unspecified atom stereocenters. The normalized spacial score (nSPS) is 32.8. The zero-order valence-corrected chi connectivity index (χ0v) is 15.9. The molecule has 4 aliphatic rings. The molecular formula is C20H24N4O4. The molecule has 148 valence electrons. The molecule has 1 aromatic rings. The SMILES string of the molecule is Cc1nc(C2(NC(=O)CN3C(=O)[C@@H]4[C@@H](C3=O)[C@H]3C=C[C@H]4C3)CCCCC2)no1. The van der Waals surface area contributed by atoms with Gasteiger partial charge in [0.15, 0.2) is 5.82 Å². The monoisotopic (exact) mass is 384 g/mol. The average molecular weight is 384 g/mol. The Labute approximate surface area is 162 Å². The summed E-state index contributed by atoms with van der Waals surface area (Å²) in [5.41, 5.74) is -0.685. The highest BCUT2D eigenvalue weighted by molar-refractivity contribution is 6.08. The lowest BCUT2D eigenvalue weighted by Crippen LogP contribution is -2.52. The molecule has 2 saturated carbocycles. The molecule has 2 heterocycles. The van der Waals surface area contributed by atoms with Crippen LogP contribution in [0.5, 0.6) is 0 Å². The molecule has 4 atom stereocenters. The maximum absolute atomic E-state index is 12.9. The minimum Gasteiger partial charge on any atom is -0.342 e. The third-order valence-corrected chi connectivity index (χ3v) is 6.90. The molecule has 1 saturated heterocycles. The van der Waals surface area contributed by atoms with Crippen LogP contribution in [0.15, 0.2) is 16.7 Å². The number of hydrogen-bond acceptors (Lipinski definition) is 6. The van der Waals surface area contributed by atoms with E-state index in [1.54, 1.807) is 6.92 Å². The number of nitrogens with one attached hydrogen (secondary N) is 1. The Morgan fingerprint density at radius 1 is 1.18 bits per heavy atom. The zero-order valence-electron chi connectivity index (χ0n) is 15.9. The number of fused-ring (bicyclic) bond motifs is 5. The highest BCUT2D eigenvalue weighted by Crippen LogP contribution is 2.52. The van der Waals surface area contributed by atoms with E-state index in [4.69, 9.17) is 4.52 Å². The molecule has 0 spiro atoms. The van der Waals surface area contributed by atoms with Gasteiger partial charge < -0.3 is 9.84 Å². The third kappa shape index (κ3) is 2.53. The Hall–Kier alpha value is -2.51. The van der Waals surface area contributed by atoms with Crippen LogP contribution in [0.1, 0.15) is 50.2 Å². The molecule has 0 aromatic carbocycles. The zero-order chi connectivity index (χ0) is 19.5. The number of carbonyl (C=O) groups is 3. The van der Waals surface area contributed by atoms with E-state index in [0.717, 1.165) is 43.4 Å². The van der Waals surface area contributed by atoms with Crippen molar-refractivity contribution >= 4 is 17.7 Å². The van der Waals surface area contributed by atoms with Crippen molar-refractivity contribution in [3.63, 3.8) is 0 Å². The lowest BCUT2D eigenvalue weighted by atomic mass is 9.81. The molecule has 8 nitrogen and oxygen atoms in total. The Morgan fingerprint density at radius 3 is 2.39 bits per heavy atom. The maximum Gasteiger partial charge on any atom is 0.240 e. The van der Waals surface area contributed by atoms with Crippen molar-refractivity contribution in [1.29, 1.82) is 0 Å². The molecule has 0 radical (unpaired) electrons. The average Bonchev–Trinajstić information content (AvgIpc) is 3.44. The summed E-state index contributed by atoms with van der Waals surface area (Å²) >= 11 is 0. The van der Waals surface area contributed by atoms with E-state index in [-0.39, 0.29) is 47.9 Å². The molecule has 28 heavy (non-hydrogen) atoms. The molecule has 1 aliphatic heterocycles. The Bertz CT molecular complexity index is 839. The van der Waals surface area contributed by atoms with Gasteiger partial charge in [0.25, 0.3) is 0 Å². The standard InChI is InChI=1S/C20H24N4O4/c1-11-21-19(23-28-11)20(7-3-2-4-8-20)22-14(25)10-24-17(26)15-12-5-6-13(9-12)16(15)18(24)27/h5-6,12-13,15-16H,2-4,7-10H2,1H3,(H,22,25)/t12-,13-,15-,16-/m0/s1. The summed E-state index contributed by atoms with van der Waals surface area (Å²) in [6.45, 7) is 1.49. The second-order valence-electron chi connectivity index (χ2n) is 8.59. The fourth-order valence-corrected chi connectivity index (χ4v) is 5.62. The fourth-order valence-electron chi connectivity index (χ4n) is 5.62. The highest BCUT2D eigenvalue weighted by Gasteiger charge is 2.59. The van der Waals surface area contributed by atoms with Gasteiger partial charge in [0, 0.05) is 6.92 Å². The summed E-state index contributed by atoms with van der Waals surface area (Å²) in [7, 11) is 0. The van der Waals surface area contributed by atoms with Gasteiger partial charge in [-0.05, 0) is 31.1 Å². The summed E-state index contributed by atoms with van der Waals surface area (Å²) in [5.74, 6) is -0.0710. The number of imide groups is 1. The molecule has 5 rings (SSSR count). The number of aromatic nitrogens is 2. The van der Waals surface area contributed by atoms with E-state index in [0.29, 0.717) is 11.7 Å². The Balaban J connectivity index is 1.33. The van der Waals surface area contributed by atoms with Crippen molar-refractivity contribution in [3.05, 3.63) is 23.9 Å². The second kappa shape index (κ2) is 6.25. The molecule has 3 amide bonds. The van der Waals surface area contributed by atoms with E-state index in [1.165, 1.54) is 0 Å². The van der Waals surface area contributed by atoms with Crippen molar-refractivity contribution in [3.8, 4) is 0 Å². The molecule has 8 heteroatoms. The number of nitrogens with zero attached hydrogens (tertiary/aromatic N) is 3. The second-order valence-corrected chi connectivity index (χ2v) is 8.59. The first kappa shape index (κ1) is 17.6. The van der Waals surface area contributed by atoms with Crippen LogP contribution in [0.3, 0.4) is 0 Å². The summed E-state index contributed by atoms with van der Waals surface area (Å²) < 4.78 is 5.13. The van der Waals surface area contributed by atoms with E-state index >= 15 is 0 Å². The minimum absolute atomic E-state index is 0.145. The van der Waals surface area contributed by atoms with Crippen molar-refractivity contribution in [2.24, 2.45) is 23.7 Å². The van der Waals surface area contributed by atoms with Crippen molar-refractivity contribution < 1.29 is 18.9 Å². The number of rotatable bonds is 4. The molecule has 1 aromatic heterocycles. The van der Waals surface area contributed by atoms with E-state index in [9.17, 15) is 14.4 Å². The number of hydrogen-bond donors (Lipinski definition) is 1. The lowest BCUT2D eigenvalue weighted by molar-refractivity contribution is -0.145. The van der Waals surface area contributed by atoms with E-state index < -0.39 is 5.54 Å². The van der Waals surface area contributed by atoms with Crippen LogP contribution >= 0.6 is 0 Å². The first-order valence-corrected chi connectivity index (χ1v) is 10.1. The van der Waals surface area contributed by atoms with Gasteiger partial charge in [-0.3, -0.25) is 19.3 Å². The quantitative estimate of drug-likeness (QED) is 0.622. The Morgan fingerprint density at radius 2 is 1.82 bits per heavy atom. The molecule has 3 aliphatic carbocycles. The van der Waals surface area contributed by atoms with Gasteiger partial charge in [-0.15, -0.1) is 0 Å². The maximum atomic E-state index is 12.9. The summed E-state index contributed by atoms with van der Waals surface area (Å²) in [5, 5.41) is 7.09. The van der Waals surface area contributed by atoms with Gasteiger partial charge in [-0.2, -0.15) is 4.98 Å². The van der Waals surface area contributed by atoms with E-state index in [1.807, 2.05) is 0 Å². The number of allylic oxidation sites excluding steroid dienone is 2. The number of aryl methyl sites for hydroxylation is 1. The van der Waals surface area contributed by atoms with Crippen LogP contribution < -0.4 is 5.32 Å². The predicted octanol–water partition coefficient (Wildman–Crippen LogP) is 1.46. The smallest absolute Gasteiger partial charge is 0.240 e. The largest absolute Gasteiger partial charge is 0.342 e. The van der Waals surface area contributed by atoms with Crippen LogP contribution in [0, 0.1) is 30.6 Å². The van der Waals surface area contributed by atoms with Gasteiger partial charge >= 0.3 is 0 Å².